The van der Waals surface area contributed by atoms with Gasteiger partial charge in [0.15, 0.2) is 12.1 Å². The summed E-state index contributed by atoms with van der Waals surface area (Å²) in [5.41, 5.74) is 4.60. The molecule has 0 spiro atoms. The van der Waals surface area contributed by atoms with E-state index in [1.54, 1.807) is 7.05 Å². The lowest BCUT2D eigenvalue weighted by molar-refractivity contribution is -0.169. The number of carbonyl (C=O) groups is 4. The average Bonchev–Trinajstić information content (AvgIpc) is 3.08. The van der Waals surface area contributed by atoms with Crippen molar-refractivity contribution in [2.75, 3.05) is 39.9 Å². The van der Waals surface area contributed by atoms with E-state index in [9.17, 15) is 19.2 Å². The Labute approximate surface area is 288 Å². The number of carbonyl (C=O) groups excluding carboxylic acids is 3. The highest BCUT2D eigenvalue weighted by Crippen LogP contribution is 2.32. The zero-order chi connectivity index (χ0) is 35.6. The van der Waals surface area contributed by atoms with Gasteiger partial charge in [0, 0.05) is 57.8 Å². The lowest BCUT2D eigenvalue weighted by Crippen LogP contribution is -2.51. The van der Waals surface area contributed by atoms with Gasteiger partial charge in [0.2, 0.25) is 5.91 Å². The van der Waals surface area contributed by atoms with Crippen LogP contribution in [0.3, 0.4) is 0 Å². The van der Waals surface area contributed by atoms with E-state index < -0.39 is 24.5 Å². The molecule has 0 heterocycles. The third-order valence-electron chi connectivity index (χ3n) is 7.90. The molecule has 0 bridgehead atoms. The Hall–Kier alpha value is -4.56. The summed E-state index contributed by atoms with van der Waals surface area (Å²) in [6, 6.07) is 22.4. The van der Waals surface area contributed by atoms with Crippen molar-refractivity contribution in [3.05, 3.63) is 83.9 Å². The van der Waals surface area contributed by atoms with Crippen LogP contribution in [0.4, 0.5) is 9.59 Å². The number of rotatable bonds is 21. The minimum absolute atomic E-state index is 0.0396. The van der Waals surface area contributed by atoms with Crippen LogP contribution < -0.4 is 26.7 Å². The van der Waals surface area contributed by atoms with Crippen LogP contribution in [-0.2, 0) is 25.6 Å². The van der Waals surface area contributed by atoms with Gasteiger partial charge in [-0.3, -0.25) is 15.0 Å². The molecule has 0 aliphatic carbocycles. The van der Waals surface area contributed by atoms with Gasteiger partial charge in [0.1, 0.15) is 0 Å². The first kappa shape index (κ1) is 38.9. The fraction of sp³-hybridized carbons (Fsp3) is 0.444. The molecule has 266 valence electrons. The fourth-order valence-electron chi connectivity index (χ4n) is 5.55. The molecule has 0 aliphatic rings. The minimum atomic E-state index is -1.28. The number of nitrogens with one attached hydrogen (secondary N) is 5. The van der Waals surface area contributed by atoms with Gasteiger partial charge in [-0.2, -0.15) is 0 Å². The van der Waals surface area contributed by atoms with Crippen molar-refractivity contribution in [1.82, 2.24) is 31.7 Å². The Kier molecular flexibility index (Phi) is 16.4. The molecule has 4 amide bonds. The Balaban J connectivity index is 1.75. The Morgan fingerprint density at radius 1 is 0.878 bits per heavy atom. The number of ether oxygens (including phenoxy) is 2. The van der Waals surface area contributed by atoms with E-state index in [4.69, 9.17) is 14.6 Å². The topological polar surface area (TPSA) is 170 Å². The Bertz CT molecular complexity index is 1480. The quantitative estimate of drug-likeness (QED) is 0.0721. The second-order valence-corrected chi connectivity index (χ2v) is 11.7. The molecule has 3 rings (SSSR count). The van der Waals surface area contributed by atoms with E-state index in [-0.39, 0.29) is 56.1 Å². The normalized spacial score (nSPS) is 13.1. The van der Waals surface area contributed by atoms with E-state index >= 15 is 0 Å². The number of benzene rings is 3. The van der Waals surface area contributed by atoms with Gasteiger partial charge >= 0.3 is 12.1 Å². The van der Waals surface area contributed by atoms with Crippen LogP contribution in [0, 0.1) is 5.92 Å². The maximum absolute atomic E-state index is 13.2. The van der Waals surface area contributed by atoms with E-state index in [0.29, 0.717) is 19.8 Å². The predicted molar refractivity (Wildman–Crippen MR) is 188 cm³/mol. The molecule has 13 nitrogen and oxygen atoms in total. The summed E-state index contributed by atoms with van der Waals surface area (Å²) in [6.45, 7) is 6.95. The van der Waals surface area contributed by atoms with Crippen LogP contribution in [0.2, 0.25) is 0 Å². The number of Topliss-reactive ketones (excluding diaryl/α,β-unsaturated/α-hetero) is 1. The molecule has 0 aromatic heterocycles. The zero-order valence-corrected chi connectivity index (χ0v) is 28.7. The third kappa shape index (κ3) is 13.5. The highest BCUT2D eigenvalue weighted by atomic mass is 16.7. The summed E-state index contributed by atoms with van der Waals surface area (Å²) in [5, 5.41) is 23.9. The lowest BCUT2D eigenvalue weighted by Gasteiger charge is -2.33. The Morgan fingerprint density at radius 2 is 1.55 bits per heavy atom. The van der Waals surface area contributed by atoms with Crippen molar-refractivity contribution in [2.45, 2.75) is 58.5 Å². The van der Waals surface area contributed by atoms with Crippen molar-refractivity contribution in [3.63, 3.8) is 0 Å². The van der Waals surface area contributed by atoms with E-state index in [2.05, 4.69) is 51.0 Å². The van der Waals surface area contributed by atoms with E-state index in [0.717, 1.165) is 21.9 Å². The van der Waals surface area contributed by atoms with Gasteiger partial charge in [-0.25, -0.2) is 14.6 Å². The highest BCUT2D eigenvalue weighted by molar-refractivity contribution is 5.86. The van der Waals surface area contributed by atoms with Crippen molar-refractivity contribution in [3.8, 4) is 0 Å². The summed E-state index contributed by atoms with van der Waals surface area (Å²) in [5.74, 6) is -0.833. The standard InChI is InChI=1S/C36H50N6O7/c1-5-48-34(49-6-2)25(3)33(31-18-12-16-27-15-10-11-17-30(27)31)37-22-28(19-20-29(43)23-39-36(46)47)40-32(44)24-42(4)41-35(45)38-21-26-13-8-7-9-14-26/h7-18,25,28,33-34,37,39H,5-6,19-24H2,1-4H3,(H,40,44)(H,46,47)(H2,38,41,45)/t25-,28-,33?/m0/s1. The van der Waals surface area contributed by atoms with Crippen LogP contribution in [0.15, 0.2) is 72.8 Å². The molecule has 3 aromatic carbocycles. The van der Waals surface area contributed by atoms with E-state index in [1.165, 1.54) is 5.01 Å². The number of carboxylic acid groups (broad SMARTS) is 1. The number of hydrogen-bond donors (Lipinski definition) is 6. The minimum Gasteiger partial charge on any atom is -0.465 e. The number of hydrazine groups is 1. The molecule has 3 atom stereocenters. The number of ketones is 1. The third-order valence-corrected chi connectivity index (χ3v) is 7.90. The first-order valence-electron chi connectivity index (χ1n) is 16.6. The zero-order valence-electron chi connectivity index (χ0n) is 28.7. The molecule has 3 aromatic rings. The van der Waals surface area contributed by atoms with Gasteiger partial charge in [0.05, 0.1) is 13.1 Å². The summed E-state index contributed by atoms with van der Waals surface area (Å²) in [6.07, 6.45) is -1.49. The molecule has 0 saturated carbocycles. The monoisotopic (exact) mass is 678 g/mol. The van der Waals surface area contributed by atoms with Crippen LogP contribution in [0.1, 0.15) is 50.8 Å². The smallest absolute Gasteiger partial charge is 0.405 e. The number of nitrogens with zero attached hydrogens (tertiary/aromatic N) is 1. The van der Waals surface area contributed by atoms with Gasteiger partial charge in [-0.15, -0.1) is 0 Å². The first-order chi connectivity index (χ1) is 23.6. The van der Waals surface area contributed by atoms with Crippen molar-refractivity contribution in [2.24, 2.45) is 5.92 Å². The maximum Gasteiger partial charge on any atom is 0.405 e. The molecule has 0 saturated heterocycles. The van der Waals surface area contributed by atoms with Crippen LogP contribution in [-0.4, -0.2) is 86.2 Å². The molecular formula is C36H50N6O7. The summed E-state index contributed by atoms with van der Waals surface area (Å²) in [7, 11) is 1.58. The molecule has 0 fully saturated rings. The van der Waals surface area contributed by atoms with Crippen LogP contribution in [0.25, 0.3) is 10.8 Å². The van der Waals surface area contributed by atoms with Crippen molar-refractivity contribution >= 4 is 34.6 Å². The van der Waals surface area contributed by atoms with Gasteiger partial charge in [0.25, 0.3) is 0 Å². The van der Waals surface area contributed by atoms with E-state index in [1.807, 2.05) is 69.3 Å². The van der Waals surface area contributed by atoms with Gasteiger partial charge in [-0.1, -0.05) is 79.7 Å². The lowest BCUT2D eigenvalue weighted by atomic mass is 9.89. The van der Waals surface area contributed by atoms with Gasteiger partial charge < -0.3 is 35.8 Å². The number of likely N-dealkylation sites (N-methyl/N-ethyl adjacent to an activating group) is 1. The summed E-state index contributed by atoms with van der Waals surface area (Å²) >= 11 is 0. The van der Waals surface area contributed by atoms with Crippen LogP contribution >= 0.6 is 0 Å². The molecule has 49 heavy (non-hydrogen) atoms. The van der Waals surface area contributed by atoms with Crippen molar-refractivity contribution in [1.29, 1.82) is 0 Å². The van der Waals surface area contributed by atoms with Gasteiger partial charge in [-0.05, 0) is 42.2 Å². The largest absolute Gasteiger partial charge is 0.465 e. The predicted octanol–water partition coefficient (Wildman–Crippen LogP) is 3.95. The number of fused-ring (bicyclic) bond motifs is 1. The van der Waals surface area contributed by atoms with Crippen LogP contribution in [0.5, 0.6) is 0 Å². The molecular weight excluding hydrogens is 628 g/mol. The average molecular weight is 679 g/mol. The second kappa shape index (κ2) is 20.7. The molecule has 1 unspecified atom stereocenters. The number of amides is 4. The molecule has 13 heteroatoms. The Morgan fingerprint density at radius 3 is 2.24 bits per heavy atom. The summed E-state index contributed by atoms with van der Waals surface area (Å²) < 4.78 is 12.0. The molecule has 6 N–H and O–H groups in total. The molecule has 0 aliphatic heterocycles. The highest BCUT2D eigenvalue weighted by Gasteiger charge is 2.30. The second-order valence-electron chi connectivity index (χ2n) is 11.7. The maximum atomic E-state index is 13.2. The summed E-state index contributed by atoms with van der Waals surface area (Å²) in [4.78, 5) is 49.0. The SMILES string of the molecule is CCOC(OCC)[C@@H](C)C(NC[C@H](CCC(=O)CNC(=O)O)NC(=O)CN(C)NC(=O)NCc1ccccc1)c1cccc2ccccc12. The fourth-order valence-corrected chi connectivity index (χ4v) is 5.55. The molecule has 0 radical (unpaired) electrons. The number of hydrogen-bond acceptors (Lipinski definition) is 8. The number of urea groups is 1. The van der Waals surface area contributed by atoms with Crippen molar-refractivity contribution < 1.29 is 33.8 Å². The first-order valence-corrected chi connectivity index (χ1v) is 16.6.